The lowest BCUT2D eigenvalue weighted by molar-refractivity contribution is -0.160. The number of methoxy groups -OCH3 is 1. The van der Waals surface area contributed by atoms with Crippen molar-refractivity contribution in [3.63, 3.8) is 0 Å². The lowest BCUT2D eigenvalue weighted by Crippen LogP contribution is -2.57. The number of cyclic esters (lactones) is 1. The van der Waals surface area contributed by atoms with Crippen LogP contribution in [0.15, 0.2) is 34.3 Å². The standard InChI is InChI=1S/C28H33NO10/c1-13(30)38-17-10-27(2)15(7-8-18(27)31)20-22(17)28(3)19(12-37-4)39-26(36)14(21(28)24(33)23(20)32)11-29-9-5-6-16(29)25(34)35/h11,15-17,19,33H,5-10,12H2,1-4H3,(H,34,35)/b14-11-/t15-,16-,17+,19+,27-,28-/m0/s1. The van der Waals surface area contributed by atoms with Gasteiger partial charge in [0, 0.05) is 62.1 Å². The fraction of sp³-hybridized carbons (Fsp3) is 0.607. The number of nitrogens with zero attached hydrogens (tertiary/aromatic N) is 1. The van der Waals surface area contributed by atoms with Gasteiger partial charge in [0.1, 0.15) is 24.0 Å². The van der Waals surface area contributed by atoms with E-state index in [1.165, 1.54) is 25.1 Å². The molecule has 0 amide bonds. The molecule has 0 aromatic heterocycles. The van der Waals surface area contributed by atoms with Crippen LogP contribution in [0.5, 0.6) is 0 Å². The van der Waals surface area contributed by atoms with Crippen LogP contribution < -0.4 is 0 Å². The number of aliphatic carboxylic acids is 1. The number of hydrogen-bond donors (Lipinski definition) is 2. The Hall–Kier alpha value is -3.47. The molecule has 3 fully saturated rings. The second-order valence-corrected chi connectivity index (χ2v) is 11.4. The Morgan fingerprint density at radius 3 is 2.56 bits per heavy atom. The first-order valence-electron chi connectivity index (χ1n) is 13.2. The number of rotatable bonds is 5. The summed E-state index contributed by atoms with van der Waals surface area (Å²) in [6.45, 7) is 4.98. The number of carboxylic acid groups (broad SMARTS) is 1. The van der Waals surface area contributed by atoms with Crippen LogP contribution in [0.3, 0.4) is 0 Å². The molecule has 11 heteroatoms. The molecular weight excluding hydrogens is 510 g/mol. The summed E-state index contributed by atoms with van der Waals surface area (Å²) >= 11 is 0. The van der Waals surface area contributed by atoms with Crippen LogP contribution in [0.2, 0.25) is 0 Å². The van der Waals surface area contributed by atoms with E-state index in [-0.39, 0.29) is 42.0 Å². The maximum absolute atomic E-state index is 14.0. The number of ether oxygens (including phenoxy) is 3. The molecule has 5 rings (SSSR count). The number of Topliss-reactive ketones (excluding diaryl/α,β-unsaturated/α-hetero) is 2. The van der Waals surface area contributed by atoms with E-state index in [1.807, 2.05) is 0 Å². The van der Waals surface area contributed by atoms with Crippen molar-refractivity contribution in [1.82, 2.24) is 4.90 Å². The number of carbonyl (C=O) groups excluding carboxylic acids is 4. The number of aliphatic hydroxyl groups excluding tert-OH is 1. The van der Waals surface area contributed by atoms with Crippen LogP contribution in [0.1, 0.15) is 52.9 Å². The topological polar surface area (TPSA) is 157 Å². The van der Waals surface area contributed by atoms with Crippen LogP contribution in [0.25, 0.3) is 0 Å². The highest BCUT2D eigenvalue weighted by Crippen LogP contribution is 2.62. The number of carboxylic acids is 1. The monoisotopic (exact) mass is 543 g/mol. The van der Waals surface area contributed by atoms with Gasteiger partial charge in [0.25, 0.3) is 0 Å². The molecule has 11 nitrogen and oxygen atoms in total. The Morgan fingerprint density at radius 2 is 1.92 bits per heavy atom. The second-order valence-electron chi connectivity index (χ2n) is 11.4. The minimum Gasteiger partial charge on any atom is -0.504 e. The Balaban J connectivity index is 1.76. The first-order valence-corrected chi connectivity index (χ1v) is 13.2. The van der Waals surface area contributed by atoms with Crippen molar-refractivity contribution in [3.8, 4) is 0 Å². The SMILES string of the molecule is COC[C@H]1OC(=O)/C(=C\N2CCC[C@H]2C(=O)O)C2=C(O)C(=O)C3=C([C@H](OC(C)=O)C[C@]4(C)C(=O)CC[C@@H]34)[C@]21C. The number of aliphatic hydroxyl groups is 1. The normalized spacial score (nSPS) is 37.1. The minimum atomic E-state index is -1.37. The fourth-order valence-corrected chi connectivity index (χ4v) is 7.46. The molecule has 1 saturated carbocycles. The molecular formula is C28H33NO10. The van der Waals surface area contributed by atoms with Gasteiger partial charge >= 0.3 is 17.9 Å². The van der Waals surface area contributed by atoms with E-state index >= 15 is 0 Å². The molecule has 2 N–H and O–H groups in total. The molecule has 2 aliphatic heterocycles. The van der Waals surface area contributed by atoms with E-state index in [0.29, 0.717) is 31.4 Å². The molecule has 6 atom stereocenters. The number of likely N-dealkylation sites (tertiary alicyclic amines) is 1. The first kappa shape index (κ1) is 27.1. The average Bonchev–Trinajstić information content (AvgIpc) is 3.44. The van der Waals surface area contributed by atoms with Crippen LogP contribution in [-0.4, -0.2) is 83.1 Å². The molecule has 0 unspecified atom stereocenters. The maximum Gasteiger partial charge on any atom is 0.340 e. The van der Waals surface area contributed by atoms with Crippen molar-refractivity contribution in [2.75, 3.05) is 20.3 Å². The van der Waals surface area contributed by atoms with Gasteiger partial charge in [0.15, 0.2) is 5.76 Å². The van der Waals surface area contributed by atoms with Gasteiger partial charge in [0.05, 0.1) is 17.6 Å². The van der Waals surface area contributed by atoms with E-state index in [4.69, 9.17) is 14.2 Å². The summed E-state index contributed by atoms with van der Waals surface area (Å²) in [5, 5.41) is 21.2. The number of ketones is 2. The van der Waals surface area contributed by atoms with E-state index < -0.39 is 64.4 Å². The Labute approximate surface area is 225 Å². The van der Waals surface area contributed by atoms with Crippen molar-refractivity contribution in [2.24, 2.45) is 16.7 Å². The van der Waals surface area contributed by atoms with Gasteiger partial charge < -0.3 is 29.3 Å². The Morgan fingerprint density at radius 1 is 1.21 bits per heavy atom. The fourth-order valence-electron chi connectivity index (χ4n) is 7.46. The highest BCUT2D eigenvalue weighted by atomic mass is 16.6. The predicted octanol–water partition coefficient (Wildman–Crippen LogP) is 2.01. The zero-order chi connectivity index (χ0) is 28.4. The second kappa shape index (κ2) is 9.32. The third-order valence-corrected chi connectivity index (χ3v) is 9.29. The van der Waals surface area contributed by atoms with E-state index in [1.54, 1.807) is 13.8 Å². The average molecular weight is 544 g/mol. The molecule has 0 spiro atoms. The highest BCUT2D eigenvalue weighted by Gasteiger charge is 2.64. The molecule has 5 aliphatic rings. The minimum absolute atomic E-state index is 0.00864. The summed E-state index contributed by atoms with van der Waals surface area (Å²) in [5.41, 5.74) is -1.86. The highest BCUT2D eigenvalue weighted by molar-refractivity contribution is 6.14. The van der Waals surface area contributed by atoms with E-state index in [2.05, 4.69) is 0 Å². The smallest absolute Gasteiger partial charge is 0.340 e. The third-order valence-electron chi connectivity index (χ3n) is 9.29. The van der Waals surface area contributed by atoms with Gasteiger partial charge in [-0.25, -0.2) is 9.59 Å². The molecule has 0 bridgehead atoms. The van der Waals surface area contributed by atoms with Crippen LogP contribution in [-0.2, 0) is 38.2 Å². The van der Waals surface area contributed by atoms with Gasteiger partial charge in [0.2, 0.25) is 5.78 Å². The lowest BCUT2D eigenvalue weighted by Gasteiger charge is -2.53. The largest absolute Gasteiger partial charge is 0.504 e. The zero-order valence-electron chi connectivity index (χ0n) is 22.4. The summed E-state index contributed by atoms with van der Waals surface area (Å²) in [7, 11) is 1.42. The van der Waals surface area contributed by atoms with Crippen LogP contribution in [0, 0.1) is 16.7 Å². The van der Waals surface area contributed by atoms with Crippen molar-refractivity contribution >= 4 is 29.5 Å². The van der Waals surface area contributed by atoms with Crippen molar-refractivity contribution in [2.45, 2.75) is 71.1 Å². The van der Waals surface area contributed by atoms with Gasteiger partial charge in [-0.15, -0.1) is 0 Å². The van der Waals surface area contributed by atoms with Crippen molar-refractivity contribution in [3.05, 3.63) is 34.3 Å². The van der Waals surface area contributed by atoms with E-state index in [0.717, 1.165) is 0 Å². The Bertz CT molecular complexity index is 1280. The molecule has 0 aromatic carbocycles. The summed E-state index contributed by atoms with van der Waals surface area (Å²) in [6, 6.07) is -0.876. The molecule has 0 aromatic rings. The molecule has 0 radical (unpaired) electrons. The summed E-state index contributed by atoms with van der Waals surface area (Å²) in [4.78, 5) is 66.0. The quantitative estimate of drug-likeness (QED) is 0.386. The number of allylic oxidation sites excluding steroid dienone is 1. The number of hydrogen-bond acceptors (Lipinski definition) is 10. The maximum atomic E-state index is 14.0. The van der Waals surface area contributed by atoms with Crippen molar-refractivity contribution < 1.29 is 48.4 Å². The molecule has 39 heavy (non-hydrogen) atoms. The zero-order valence-corrected chi connectivity index (χ0v) is 22.4. The summed E-state index contributed by atoms with van der Waals surface area (Å²) in [6.07, 6.45) is 1.11. The predicted molar refractivity (Wildman–Crippen MR) is 133 cm³/mol. The van der Waals surface area contributed by atoms with Gasteiger partial charge in [-0.2, -0.15) is 0 Å². The number of fused-ring (bicyclic) bond motifs is 4. The molecule has 2 saturated heterocycles. The number of carbonyl (C=O) groups is 5. The van der Waals surface area contributed by atoms with Gasteiger partial charge in [-0.05, 0) is 31.8 Å². The third kappa shape index (κ3) is 3.84. The molecule has 2 heterocycles. The van der Waals surface area contributed by atoms with Gasteiger partial charge in [-0.1, -0.05) is 6.92 Å². The van der Waals surface area contributed by atoms with E-state index in [9.17, 15) is 34.2 Å². The van der Waals surface area contributed by atoms with Crippen molar-refractivity contribution in [1.29, 1.82) is 0 Å². The Kier molecular flexibility index (Phi) is 6.48. The summed E-state index contributed by atoms with van der Waals surface area (Å²) < 4.78 is 17.0. The first-order chi connectivity index (χ1) is 18.4. The van der Waals surface area contributed by atoms with Crippen LogP contribution in [0.4, 0.5) is 0 Å². The lowest BCUT2D eigenvalue weighted by atomic mass is 9.53. The molecule has 3 aliphatic carbocycles. The van der Waals surface area contributed by atoms with Crippen LogP contribution >= 0.6 is 0 Å². The number of esters is 2. The van der Waals surface area contributed by atoms with Gasteiger partial charge in [-0.3, -0.25) is 14.4 Å². The molecule has 210 valence electrons. The summed E-state index contributed by atoms with van der Waals surface area (Å²) in [5.74, 6) is -4.42.